The largest absolute Gasteiger partial charge is 0.431 e. The van der Waals surface area contributed by atoms with Crippen molar-refractivity contribution >= 4 is 46.0 Å². The molecule has 0 unspecified atom stereocenters. The summed E-state index contributed by atoms with van der Waals surface area (Å²) in [6, 6.07) is 16.3. The molecule has 2 aromatic heterocycles. The highest BCUT2D eigenvalue weighted by Crippen LogP contribution is 2.23. The number of aromatic nitrogens is 2. The number of nitrogens with zero attached hydrogens (tertiary/aromatic N) is 6. The predicted octanol–water partition coefficient (Wildman–Crippen LogP) is 4.49. The van der Waals surface area contributed by atoms with E-state index >= 15 is 0 Å². The van der Waals surface area contributed by atoms with Crippen molar-refractivity contribution in [3.05, 3.63) is 88.7 Å². The molecule has 4 rings (SSSR count). The third-order valence-corrected chi connectivity index (χ3v) is 4.96. The molecule has 0 bridgehead atoms. The molecule has 164 valence electrons. The first-order chi connectivity index (χ1) is 16.1. The highest BCUT2D eigenvalue weighted by molar-refractivity contribution is 7.99. The Labute approximate surface area is 190 Å². The second kappa shape index (κ2) is 10.2. The van der Waals surface area contributed by atoms with Crippen molar-refractivity contribution in [3.63, 3.8) is 0 Å². The molecule has 0 spiro atoms. The molecule has 0 aliphatic heterocycles. The normalized spacial score (nSPS) is 11.7. The molecule has 2 aromatic carbocycles. The van der Waals surface area contributed by atoms with Gasteiger partial charge >= 0.3 is 0 Å². The SMILES string of the molecule is O=C(CSc1nc2ccccc2o1)N/N=C(/N=Nc1ccc([N+](=O)[O-])cc1)c1cccnc1. The Bertz CT molecular complexity index is 1300. The van der Waals surface area contributed by atoms with Gasteiger partial charge in [-0.05, 0) is 36.4 Å². The molecule has 0 saturated heterocycles. The summed E-state index contributed by atoms with van der Waals surface area (Å²) in [5.74, 6) is -0.258. The minimum atomic E-state index is -0.502. The van der Waals surface area contributed by atoms with E-state index in [1.807, 2.05) is 18.2 Å². The van der Waals surface area contributed by atoms with Crippen LogP contribution in [0, 0.1) is 10.1 Å². The highest BCUT2D eigenvalue weighted by Gasteiger charge is 2.10. The van der Waals surface area contributed by atoms with Crippen molar-refractivity contribution in [2.24, 2.45) is 15.3 Å². The van der Waals surface area contributed by atoms with E-state index in [0.29, 0.717) is 27.6 Å². The molecule has 33 heavy (non-hydrogen) atoms. The average molecular weight is 461 g/mol. The molecule has 0 aliphatic rings. The summed E-state index contributed by atoms with van der Waals surface area (Å²) in [5.41, 5.74) is 4.64. The van der Waals surface area contributed by atoms with Crippen LogP contribution in [0.3, 0.4) is 0 Å². The summed E-state index contributed by atoms with van der Waals surface area (Å²) in [5, 5.41) is 23.3. The van der Waals surface area contributed by atoms with Crippen molar-refractivity contribution < 1.29 is 14.1 Å². The molecule has 0 aliphatic carbocycles. The molecule has 4 aromatic rings. The van der Waals surface area contributed by atoms with Gasteiger partial charge in [0.15, 0.2) is 5.58 Å². The van der Waals surface area contributed by atoms with Gasteiger partial charge in [-0.1, -0.05) is 23.9 Å². The molecule has 11 nitrogen and oxygen atoms in total. The second-order valence-corrected chi connectivity index (χ2v) is 7.35. The number of azo groups is 1. The van der Waals surface area contributed by atoms with E-state index < -0.39 is 10.8 Å². The number of hydrogen-bond acceptors (Lipinski definition) is 9. The van der Waals surface area contributed by atoms with Gasteiger partial charge in [-0.15, -0.1) is 10.2 Å². The molecule has 0 fully saturated rings. The van der Waals surface area contributed by atoms with E-state index in [-0.39, 0.29) is 17.3 Å². The van der Waals surface area contributed by atoms with Crippen LogP contribution in [0.1, 0.15) is 5.56 Å². The molecule has 12 heteroatoms. The smallest absolute Gasteiger partial charge is 0.269 e. The molecule has 0 atom stereocenters. The van der Waals surface area contributed by atoms with Gasteiger partial charge in [0.05, 0.1) is 16.4 Å². The molecule has 1 amide bonds. The number of amides is 1. The number of thioether (sulfide) groups is 1. The van der Waals surface area contributed by atoms with E-state index in [1.165, 1.54) is 30.5 Å². The summed E-state index contributed by atoms with van der Waals surface area (Å²) in [4.78, 5) is 30.9. The van der Waals surface area contributed by atoms with E-state index in [0.717, 1.165) is 11.8 Å². The van der Waals surface area contributed by atoms with Crippen LogP contribution in [0.2, 0.25) is 0 Å². The van der Waals surface area contributed by atoms with Crippen LogP contribution in [0.15, 0.2) is 98.0 Å². The van der Waals surface area contributed by atoms with E-state index in [1.54, 1.807) is 24.4 Å². The van der Waals surface area contributed by atoms with Gasteiger partial charge < -0.3 is 4.42 Å². The van der Waals surface area contributed by atoms with E-state index in [4.69, 9.17) is 4.42 Å². The summed E-state index contributed by atoms with van der Waals surface area (Å²) < 4.78 is 5.58. The number of carbonyl (C=O) groups is 1. The molecule has 0 radical (unpaired) electrons. The van der Waals surface area contributed by atoms with Gasteiger partial charge in [-0.2, -0.15) is 5.10 Å². The van der Waals surface area contributed by atoms with E-state index in [2.05, 4.69) is 30.7 Å². The molecule has 2 heterocycles. The number of amidine groups is 1. The van der Waals surface area contributed by atoms with E-state index in [9.17, 15) is 14.9 Å². The fourth-order valence-electron chi connectivity index (χ4n) is 2.57. The Hall–Kier alpha value is -4.45. The fourth-order valence-corrected chi connectivity index (χ4v) is 3.20. The Kier molecular flexibility index (Phi) is 6.75. The Morgan fingerprint density at radius 2 is 1.94 bits per heavy atom. The number of nitrogens with one attached hydrogen (secondary N) is 1. The standard InChI is InChI=1S/C21H15N7O4S/c29-19(13-33-21-23-17-5-1-2-6-18(17)32-21)25-27-20(14-4-3-11-22-12-14)26-24-15-7-9-16(10-8-15)28(30)31/h1-12H,13H2,(H,25,29)/b26-24?,27-20+. The Morgan fingerprint density at radius 3 is 2.67 bits per heavy atom. The second-order valence-electron chi connectivity index (χ2n) is 6.42. The van der Waals surface area contributed by atoms with Crippen molar-refractivity contribution in [1.29, 1.82) is 0 Å². The number of pyridine rings is 1. The van der Waals surface area contributed by atoms with Crippen LogP contribution in [-0.2, 0) is 4.79 Å². The van der Waals surface area contributed by atoms with Crippen LogP contribution >= 0.6 is 11.8 Å². The zero-order valence-corrected chi connectivity index (χ0v) is 17.7. The number of nitro groups is 1. The maximum atomic E-state index is 12.3. The number of benzene rings is 2. The van der Waals surface area contributed by atoms with Gasteiger partial charge in [-0.3, -0.25) is 19.9 Å². The first-order valence-corrected chi connectivity index (χ1v) is 10.5. The minimum absolute atomic E-state index is 0.0239. The summed E-state index contributed by atoms with van der Waals surface area (Å²) in [6.07, 6.45) is 3.11. The third kappa shape index (κ3) is 5.83. The number of para-hydroxylation sites is 2. The van der Waals surface area contributed by atoms with Crippen LogP contribution in [-0.4, -0.2) is 32.4 Å². The average Bonchev–Trinajstić information content (AvgIpc) is 3.27. The maximum absolute atomic E-state index is 12.3. The number of fused-ring (bicyclic) bond motifs is 1. The summed E-state index contributed by atoms with van der Waals surface area (Å²) in [7, 11) is 0. The van der Waals surface area contributed by atoms with Crippen LogP contribution in [0.5, 0.6) is 0 Å². The Balaban J connectivity index is 1.44. The number of hydrazone groups is 1. The quantitative estimate of drug-likeness (QED) is 0.106. The zero-order chi connectivity index (χ0) is 23.0. The summed E-state index contributed by atoms with van der Waals surface area (Å²) in [6.45, 7) is 0. The van der Waals surface area contributed by atoms with Crippen molar-refractivity contribution in [2.45, 2.75) is 5.22 Å². The number of rotatable bonds is 7. The lowest BCUT2D eigenvalue weighted by atomic mass is 10.3. The number of nitro benzene ring substituents is 1. The minimum Gasteiger partial charge on any atom is -0.431 e. The molecule has 0 saturated carbocycles. The number of carbonyl (C=O) groups excluding carboxylic acids is 1. The lowest BCUT2D eigenvalue weighted by Crippen LogP contribution is -2.21. The maximum Gasteiger partial charge on any atom is 0.269 e. The third-order valence-electron chi connectivity index (χ3n) is 4.13. The lowest BCUT2D eigenvalue weighted by Gasteiger charge is -2.02. The number of oxazole rings is 1. The Morgan fingerprint density at radius 1 is 1.12 bits per heavy atom. The van der Waals surface area contributed by atoms with Crippen LogP contribution in [0.25, 0.3) is 11.1 Å². The molecular formula is C21H15N7O4S. The van der Waals surface area contributed by atoms with Crippen LogP contribution in [0.4, 0.5) is 11.4 Å². The number of non-ortho nitro benzene ring substituents is 1. The molecular weight excluding hydrogens is 446 g/mol. The molecule has 1 N–H and O–H groups in total. The van der Waals surface area contributed by atoms with Crippen molar-refractivity contribution in [3.8, 4) is 0 Å². The number of hydrogen-bond donors (Lipinski definition) is 1. The lowest BCUT2D eigenvalue weighted by molar-refractivity contribution is -0.384. The monoisotopic (exact) mass is 461 g/mol. The van der Waals surface area contributed by atoms with Gasteiger partial charge in [0.25, 0.3) is 16.8 Å². The summed E-state index contributed by atoms with van der Waals surface area (Å²) >= 11 is 1.14. The van der Waals surface area contributed by atoms with Gasteiger partial charge in [0, 0.05) is 30.1 Å². The van der Waals surface area contributed by atoms with Crippen molar-refractivity contribution in [1.82, 2.24) is 15.4 Å². The van der Waals surface area contributed by atoms with Gasteiger partial charge in [0.1, 0.15) is 5.52 Å². The van der Waals surface area contributed by atoms with Crippen LogP contribution < -0.4 is 5.43 Å². The topological polar surface area (TPSA) is 148 Å². The van der Waals surface area contributed by atoms with Crippen molar-refractivity contribution in [2.75, 3.05) is 5.75 Å². The van der Waals surface area contributed by atoms with Gasteiger partial charge in [-0.25, -0.2) is 10.4 Å². The zero-order valence-electron chi connectivity index (χ0n) is 16.9. The van der Waals surface area contributed by atoms with Gasteiger partial charge in [0.2, 0.25) is 5.84 Å². The fraction of sp³-hybridized carbons (Fsp3) is 0.0476. The highest BCUT2D eigenvalue weighted by atomic mass is 32.2. The first-order valence-electron chi connectivity index (χ1n) is 9.50. The predicted molar refractivity (Wildman–Crippen MR) is 121 cm³/mol. The first kappa shape index (κ1) is 21.8.